The molecule has 3 aromatic rings. The van der Waals surface area contributed by atoms with Crippen LogP contribution in [-0.4, -0.2) is 48.9 Å². The van der Waals surface area contributed by atoms with Gasteiger partial charge in [0.1, 0.15) is 0 Å². The number of rotatable bonds is 5. The van der Waals surface area contributed by atoms with Crippen LogP contribution in [0, 0.1) is 0 Å². The van der Waals surface area contributed by atoms with Crippen molar-refractivity contribution in [3.05, 3.63) is 40.2 Å². The van der Waals surface area contributed by atoms with Crippen molar-refractivity contribution in [2.75, 3.05) is 13.1 Å². The summed E-state index contributed by atoms with van der Waals surface area (Å²) in [6.07, 6.45) is 7.41. The molecule has 3 aromatic heterocycles. The van der Waals surface area contributed by atoms with Crippen LogP contribution >= 0.6 is 11.3 Å². The van der Waals surface area contributed by atoms with Gasteiger partial charge in [-0.25, -0.2) is 4.98 Å². The van der Waals surface area contributed by atoms with Crippen molar-refractivity contribution in [1.82, 2.24) is 29.9 Å². The van der Waals surface area contributed by atoms with Crippen LogP contribution in [0.1, 0.15) is 66.5 Å². The Morgan fingerprint density at radius 2 is 2.25 bits per heavy atom. The minimum absolute atomic E-state index is 0.0262. The van der Waals surface area contributed by atoms with E-state index in [1.807, 2.05) is 22.7 Å². The molecule has 1 amide bonds. The fourth-order valence-corrected chi connectivity index (χ4v) is 4.73. The number of carbonyl (C=O) groups excluding carboxylic acids is 1. The molecule has 8 heteroatoms. The van der Waals surface area contributed by atoms with E-state index >= 15 is 0 Å². The third-order valence-corrected chi connectivity index (χ3v) is 6.33. The second kappa shape index (κ2) is 7.87. The molecule has 0 saturated carbocycles. The van der Waals surface area contributed by atoms with E-state index in [-0.39, 0.29) is 5.91 Å². The second-order valence-electron chi connectivity index (χ2n) is 7.60. The summed E-state index contributed by atoms with van der Waals surface area (Å²) in [5, 5.41) is 14.7. The largest absolute Gasteiger partial charge is 0.338 e. The molecule has 1 saturated heterocycles. The van der Waals surface area contributed by atoms with Gasteiger partial charge in [-0.1, -0.05) is 13.8 Å². The van der Waals surface area contributed by atoms with Gasteiger partial charge in [0.15, 0.2) is 0 Å². The average Bonchev–Trinajstić information content (AvgIpc) is 3.47. The van der Waals surface area contributed by atoms with Gasteiger partial charge in [-0.3, -0.25) is 14.6 Å². The molecule has 1 unspecified atom stereocenters. The molecule has 7 nitrogen and oxygen atoms in total. The van der Waals surface area contributed by atoms with Crippen molar-refractivity contribution in [1.29, 1.82) is 0 Å². The Hall–Kier alpha value is -2.48. The van der Waals surface area contributed by atoms with Crippen molar-refractivity contribution in [2.24, 2.45) is 0 Å². The molecule has 0 radical (unpaired) electrons. The maximum Gasteiger partial charge on any atom is 0.257 e. The molecule has 28 heavy (non-hydrogen) atoms. The van der Waals surface area contributed by atoms with Gasteiger partial charge >= 0.3 is 0 Å². The summed E-state index contributed by atoms with van der Waals surface area (Å²) in [5.74, 6) is 0.774. The van der Waals surface area contributed by atoms with Gasteiger partial charge in [-0.05, 0) is 25.7 Å². The minimum atomic E-state index is 0.0262. The molecule has 0 aromatic carbocycles. The Bertz CT molecular complexity index is 955. The number of thiazole rings is 1. The van der Waals surface area contributed by atoms with Gasteiger partial charge in [-0.15, -0.1) is 11.3 Å². The molecule has 0 aliphatic carbocycles. The summed E-state index contributed by atoms with van der Waals surface area (Å²) >= 11 is 1.72. The lowest BCUT2D eigenvalue weighted by molar-refractivity contribution is 0.0708. The lowest BCUT2D eigenvalue weighted by Crippen LogP contribution is -2.39. The molecule has 1 N–H and O–H groups in total. The third kappa shape index (κ3) is 3.61. The number of hydrogen-bond acceptors (Lipinski definition) is 5. The highest BCUT2D eigenvalue weighted by molar-refractivity contribution is 7.09. The summed E-state index contributed by atoms with van der Waals surface area (Å²) in [5.41, 5.74) is 3.38. The highest BCUT2D eigenvalue weighted by Crippen LogP contribution is 2.32. The summed E-state index contributed by atoms with van der Waals surface area (Å²) in [6, 6.07) is 0. The van der Waals surface area contributed by atoms with Gasteiger partial charge in [0.2, 0.25) is 0 Å². The molecular formula is C20H26N6OS. The number of nitrogens with one attached hydrogen (secondary N) is 1. The monoisotopic (exact) mass is 398 g/mol. The fourth-order valence-electron chi connectivity index (χ4n) is 3.62. The number of H-pyrrole nitrogens is 1. The van der Waals surface area contributed by atoms with E-state index in [2.05, 4.69) is 34.5 Å². The van der Waals surface area contributed by atoms with Gasteiger partial charge in [0, 0.05) is 42.7 Å². The normalized spacial score (nSPS) is 17.4. The van der Waals surface area contributed by atoms with Crippen LogP contribution in [0.25, 0.3) is 11.3 Å². The number of aromatic nitrogens is 5. The van der Waals surface area contributed by atoms with Crippen LogP contribution in [0.15, 0.2) is 24.0 Å². The zero-order valence-corrected chi connectivity index (χ0v) is 17.4. The molecular weight excluding hydrogens is 372 g/mol. The summed E-state index contributed by atoms with van der Waals surface area (Å²) in [7, 11) is 0. The summed E-state index contributed by atoms with van der Waals surface area (Å²) in [6.45, 7) is 8.64. The molecule has 1 aliphatic heterocycles. The van der Waals surface area contributed by atoms with E-state index in [1.54, 1.807) is 23.7 Å². The van der Waals surface area contributed by atoms with Gasteiger partial charge in [0.25, 0.3) is 5.91 Å². The zero-order valence-electron chi connectivity index (χ0n) is 16.6. The van der Waals surface area contributed by atoms with Crippen molar-refractivity contribution >= 4 is 17.2 Å². The molecule has 1 fully saturated rings. The summed E-state index contributed by atoms with van der Waals surface area (Å²) in [4.78, 5) is 20.0. The molecule has 0 bridgehead atoms. The van der Waals surface area contributed by atoms with Crippen LogP contribution in [0.4, 0.5) is 0 Å². The predicted molar refractivity (Wildman–Crippen MR) is 110 cm³/mol. The number of hydrogen-bond donors (Lipinski definition) is 1. The van der Waals surface area contributed by atoms with E-state index in [4.69, 9.17) is 4.98 Å². The maximum absolute atomic E-state index is 13.2. The van der Waals surface area contributed by atoms with Gasteiger partial charge in [-0.2, -0.15) is 10.2 Å². The first-order valence-corrected chi connectivity index (χ1v) is 10.8. The van der Waals surface area contributed by atoms with Crippen LogP contribution in [0.2, 0.25) is 0 Å². The number of nitrogens with zero attached hydrogens (tertiary/aromatic N) is 5. The smallest absolute Gasteiger partial charge is 0.257 e. The number of aryl methyl sites for hydroxylation is 1. The fraction of sp³-hybridized carbons (Fsp3) is 0.500. The van der Waals surface area contributed by atoms with Crippen LogP contribution in [0.3, 0.4) is 0 Å². The Labute approximate surface area is 168 Å². The topological polar surface area (TPSA) is 79.7 Å². The third-order valence-electron chi connectivity index (χ3n) is 5.30. The van der Waals surface area contributed by atoms with Crippen LogP contribution < -0.4 is 0 Å². The van der Waals surface area contributed by atoms with E-state index in [9.17, 15) is 4.79 Å². The molecule has 0 spiro atoms. The molecule has 4 heterocycles. The number of piperidine rings is 1. The standard InChI is InChI=1S/C20H26N6OS/c1-4-26-11-15(8-22-26)18-16(9-21-24-18)20(27)25-7-5-6-14(10-25)19-23-17(12-28-19)13(2)3/h8-9,11-14H,4-7,10H2,1-3H3,(H,21,24). The van der Waals surface area contributed by atoms with Gasteiger partial charge in [0.05, 0.1) is 34.4 Å². The highest BCUT2D eigenvalue weighted by atomic mass is 32.1. The van der Waals surface area contributed by atoms with Crippen molar-refractivity contribution < 1.29 is 4.79 Å². The van der Waals surface area contributed by atoms with Crippen LogP contribution in [-0.2, 0) is 6.54 Å². The molecule has 148 valence electrons. The minimum Gasteiger partial charge on any atom is -0.338 e. The van der Waals surface area contributed by atoms with E-state index in [0.717, 1.165) is 47.9 Å². The summed E-state index contributed by atoms with van der Waals surface area (Å²) < 4.78 is 1.84. The quantitative estimate of drug-likeness (QED) is 0.707. The van der Waals surface area contributed by atoms with Crippen molar-refractivity contribution in [3.63, 3.8) is 0 Å². The van der Waals surface area contributed by atoms with E-state index < -0.39 is 0 Å². The molecule has 1 atom stereocenters. The number of likely N-dealkylation sites (tertiary alicyclic amines) is 1. The Balaban J connectivity index is 1.53. The van der Waals surface area contributed by atoms with E-state index in [0.29, 0.717) is 23.9 Å². The first-order valence-electron chi connectivity index (χ1n) is 9.87. The zero-order chi connectivity index (χ0) is 19.7. The Morgan fingerprint density at radius 1 is 1.39 bits per heavy atom. The van der Waals surface area contributed by atoms with Crippen molar-refractivity contribution in [2.45, 2.75) is 52.0 Å². The van der Waals surface area contributed by atoms with Gasteiger partial charge < -0.3 is 4.90 Å². The van der Waals surface area contributed by atoms with Crippen molar-refractivity contribution in [3.8, 4) is 11.3 Å². The van der Waals surface area contributed by atoms with E-state index in [1.165, 1.54) is 0 Å². The highest BCUT2D eigenvalue weighted by Gasteiger charge is 2.29. The maximum atomic E-state index is 13.2. The molecule has 4 rings (SSSR count). The Morgan fingerprint density at radius 3 is 2.96 bits per heavy atom. The first kappa shape index (κ1) is 18.9. The first-order chi connectivity index (χ1) is 13.6. The van der Waals surface area contributed by atoms with Crippen LogP contribution in [0.5, 0.6) is 0 Å². The average molecular weight is 399 g/mol. The lowest BCUT2D eigenvalue weighted by atomic mass is 9.97. The molecule has 1 aliphatic rings. The number of amides is 1. The lowest BCUT2D eigenvalue weighted by Gasteiger charge is -2.31. The SMILES string of the molecule is CCn1cc(-c2[nH]ncc2C(=O)N2CCCC(c3nc(C(C)C)cs3)C2)cn1. The Kier molecular flexibility index (Phi) is 5.30. The number of aromatic amines is 1. The second-order valence-corrected chi connectivity index (χ2v) is 8.49. The number of carbonyl (C=O) groups is 1. The predicted octanol–water partition coefficient (Wildman–Crippen LogP) is 3.89.